The second-order valence-corrected chi connectivity index (χ2v) is 7.43. The fourth-order valence-electron chi connectivity index (χ4n) is 3.78. The Hall–Kier alpha value is -3.09. The van der Waals surface area contributed by atoms with Crippen LogP contribution < -0.4 is 14.8 Å². The van der Waals surface area contributed by atoms with Crippen molar-refractivity contribution in [3.8, 4) is 11.6 Å². The number of aromatic nitrogens is 3. The van der Waals surface area contributed by atoms with Gasteiger partial charge in [-0.05, 0) is 62.9 Å². The zero-order valence-electron chi connectivity index (χ0n) is 18.6. The molecule has 0 saturated carbocycles. The lowest BCUT2D eigenvalue weighted by molar-refractivity contribution is -0.121. The molecule has 7 heteroatoms. The topological polar surface area (TPSA) is 78.3 Å². The van der Waals surface area contributed by atoms with Gasteiger partial charge in [-0.2, -0.15) is 0 Å². The van der Waals surface area contributed by atoms with Gasteiger partial charge in [-0.15, -0.1) is 5.10 Å². The Bertz CT molecular complexity index is 1060. The number of ether oxygens (including phenoxy) is 2. The van der Waals surface area contributed by atoms with E-state index in [1.54, 1.807) is 11.8 Å². The number of methoxy groups -OCH3 is 1. The van der Waals surface area contributed by atoms with Crippen molar-refractivity contribution in [2.75, 3.05) is 13.7 Å². The summed E-state index contributed by atoms with van der Waals surface area (Å²) in [4.78, 5) is 17.3. The van der Waals surface area contributed by atoms with Crippen molar-refractivity contribution in [1.82, 2.24) is 20.1 Å². The molecule has 0 radical (unpaired) electrons. The Morgan fingerprint density at radius 3 is 2.77 bits per heavy atom. The minimum Gasteiger partial charge on any atom is -0.494 e. The lowest BCUT2D eigenvalue weighted by Crippen LogP contribution is -2.27. The predicted octanol–water partition coefficient (Wildman–Crippen LogP) is 3.80. The summed E-state index contributed by atoms with van der Waals surface area (Å²) in [6.07, 6.45) is 0.989. The average Bonchev–Trinajstić information content (AvgIpc) is 3.04. The number of aryl methyl sites for hydroxylation is 3. The van der Waals surface area contributed by atoms with E-state index in [2.05, 4.69) is 10.4 Å². The van der Waals surface area contributed by atoms with Crippen LogP contribution in [0, 0.1) is 13.8 Å². The van der Waals surface area contributed by atoms with Crippen LogP contribution in [0.25, 0.3) is 11.0 Å². The van der Waals surface area contributed by atoms with E-state index in [-0.39, 0.29) is 11.9 Å². The van der Waals surface area contributed by atoms with Crippen LogP contribution in [-0.4, -0.2) is 34.4 Å². The van der Waals surface area contributed by atoms with Gasteiger partial charge < -0.3 is 14.8 Å². The molecule has 0 spiro atoms. The monoisotopic (exact) mass is 410 g/mol. The highest BCUT2D eigenvalue weighted by Gasteiger charge is 2.19. The van der Waals surface area contributed by atoms with Gasteiger partial charge in [0.2, 0.25) is 11.8 Å². The van der Waals surface area contributed by atoms with Gasteiger partial charge in [-0.1, -0.05) is 12.1 Å². The minimum absolute atomic E-state index is 0.00126. The number of fused-ring (bicyclic) bond motifs is 1. The van der Waals surface area contributed by atoms with Crippen molar-refractivity contribution in [1.29, 1.82) is 0 Å². The number of carbonyl (C=O) groups is 1. The van der Waals surface area contributed by atoms with Gasteiger partial charge in [-0.3, -0.25) is 4.79 Å². The van der Waals surface area contributed by atoms with Crippen LogP contribution in [0.5, 0.6) is 11.6 Å². The smallest absolute Gasteiger partial charge is 0.242 e. The minimum atomic E-state index is -0.0980. The number of nitrogens with zero attached hydrogens (tertiary/aromatic N) is 3. The lowest BCUT2D eigenvalue weighted by atomic mass is 10.00. The van der Waals surface area contributed by atoms with Gasteiger partial charge in [0.15, 0.2) is 5.65 Å². The number of pyridine rings is 1. The van der Waals surface area contributed by atoms with Crippen LogP contribution in [-0.2, 0) is 18.3 Å². The standard InChI is InChI=1S/C23H30N4O3/c1-7-30-18-10-8-9-17(13-18)15(3)24-20(28)12-11-19-14(2)21-22(25-16(19)4)27(5)26-23(21)29-6/h8-10,13,15H,7,11-12H2,1-6H3,(H,24,28). The van der Waals surface area contributed by atoms with E-state index in [0.717, 1.165) is 39.2 Å². The van der Waals surface area contributed by atoms with Crippen LogP contribution in [0.2, 0.25) is 0 Å². The Balaban J connectivity index is 1.71. The van der Waals surface area contributed by atoms with Crippen LogP contribution in [0.1, 0.15) is 48.7 Å². The van der Waals surface area contributed by atoms with E-state index in [9.17, 15) is 4.79 Å². The number of hydrogen-bond acceptors (Lipinski definition) is 5. The summed E-state index contributed by atoms with van der Waals surface area (Å²) in [6, 6.07) is 7.73. The number of hydrogen-bond donors (Lipinski definition) is 1. The molecule has 7 nitrogen and oxygen atoms in total. The van der Waals surface area contributed by atoms with E-state index < -0.39 is 0 Å². The Labute approximate surface area is 177 Å². The van der Waals surface area contributed by atoms with Gasteiger partial charge >= 0.3 is 0 Å². The second kappa shape index (κ2) is 9.15. The molecule has 1 aromatic carbocycles. The maximum Gasteiger partial charge on any atom is 0.242 e. The Kier molecular flexibility index (Phi) is 6.59. The molecule has 3 rings (SSSR count). The van der Waals surface area contributed by atoms with Crippen LogP contribution in [0.4, 0.5) is 0 Å². The first-order valence-electron chi connectivity index (χ1n) is 10.2. The number of amides is 1. The largest absolute Gasteiger partial charge is 0.494 e. The highest BCUT2D eigenvalue weighted by molar-refractivity contribution is 5.86. The molecule has 160 valence electrons. The van der Waals surface area contributed by atoms with Crippen molar-refractivity contribution in [2.24, 2.45) is 7.05 Å². The molecule has 30 heavy (non-hydrogen) atoms. The first kappa shape index (κ1) is 21.6. The lowest BCUT2D eigenvalue weighted by Gasteiger charge is -2.16. The van der Waals surface area contributed by atoms with Crippen molar-refractivity contribution in [3.05, 3.63) is 46.6 Å². The van der Waals surface area contributed by atoms with E-state index in [0.29, 0.717) is 25.3 Å². The SMILES string of the molecule is CCOc1cccc(C(C)NC(=O)CCc2c(C)nc3c(c(OC)nn3C)c2C)c1. The summed E-state index contributed by atoms with van der Waals surface area (Å²) in [7, 11) is 3.46. The van der Waals surface area contributed by atoms with Gasteiger partial charge in [0.1, 0.15) is 5.75 Å². The zero-order chi connectivity index (χ0) is 21.8. The van der Waals surface area contributed by atoms with Crippen LogP contribution in [0.15, 0.2) is 24.3 Å². The van der Waals surface area contributed by atoms with Crippen molar-refractivity contribution in [2.45, 2.75) is 46.6 Å². The normalized spacial score (nSPS) is 12.1. The highest BCUT2D eigenvalue weighted by atomic mass is 16.5. The van der Waals surface area contributed by atoms with Crippen molar-refractivity contribution >= 4 is 16.9 Å². The molecule has 1 atom stereocenters. The summed E-state index contributed by atoms with van der Waals surface area (Å²) in [6.45, 7) is 8.56. The summed E-state index contributed by atoms with van der Waals surface area (Å²) >= 11 is 0. The summed E-state index contributed by atoms with van der Waals surface area (Å²) in [5.41, 5.74) is 4.85. The maximum absolute atomic E-state index is 12.6. The molecule has 0 bridgehead atoms. The number of carbonyl (C=O) groups excluding carboxylic acids is 1. The Morgan fingerprint density at radius 1 is 1.30 bits per heavy atom. The van der Waals surface area contributed by atoms with E-state index >= 15 is 0 Å². The number of benzene rings is 1. The fraction of sp³-hybridized carbons (Fsp3) is 0.435. The molecular formula is C23H30N4O3. The first-order valence-corrected chi connectivity index (χ1v) is 10.2. The van der Waals surface area contributed by atoms with Crippen molar-refractivity contribution in [3.63, 3.8) is 0 Å². The molecule has 0 aliphatic carbocycles. The van der Waals surface area contributed by atoms with Gasteiger partial charge in [-0.25, -0.2) is 9.67 Å². The van der Waals surface area contributed by atoms with Gasteiger partial charge in [0.25, 0.3) is 0 Å². The average molecular weight is 411 g/mol. The van der Waals surface area contributed by atoms with E-state index in [4.69, 9.17) is 14.5 Å². The van der Waals surface area contributed by atoms with Crippen LogP contribution in [0.3, 0.4) is 0 Å². The number of rotatable bonds is 8. The molecule has 0 aliphatic rings. The zero-order valence-corrected chi connectivity index (χ0v) is 18.6. The molecule has 0 fully saturated rings. The van der Waals surface area contributed by atoms with Gasteiger partial charge in [0, 0.05) is 19.2 Å². The van der Waals surface area contributed by atoms with Crippen molar-refractivity contribution < 1.29 is 14.3 Å². The van der Waals surface area contributed by atoms with E-state index in [1.165, 1.54) is 0 Å². The molecule has 3 aromatic rings. The van der Waals surface area contributed by atoms with E-state index in [1.807, 2.05) is 59.0 Å². The Morgan fingerprint density at radius 2 is 2.07 bits per heavy atom. The molecule has 1 unspecified atom stereocenters. The molecule has 2 aromatic heterocycles. The quantitative estimate of drug-likeness (QED) is 0.611. The van der Waals surface area contributed by atoms with Gasteiger partial charge in [0.05, 0.1) is 25.1 Å². The molecule has 0 aliphatic heterocycles. The van der Waals surface area contributed by atoms with Crippen LogP contribution >= 0.6 is 0 Å². The highest BCUT2D eigenvalue weighted by Crippen LogP contribution is 2.30. The predicted molar refractivity (Wildman–Crippen MR) is 117 cm³/mol. The fourth-order valence-corrected chi connectivity index (χ4v) is 3.78. The molecule has 1 N–H and O–H groups in total. The molecule has 2 heterocycles. The third-order valence-corrected chi connectivity index (χ3v) is 5.36. The summed E-state index contributed by atoms with van der Waals surface area (Å²) in [5.74, 6) is 1.37. The second-order valence-electron chi connectivity index (χ2n) is 7.43. The molecular weight excluding hydrogens is 380 g/mol. The molecule has 1 amide bonds. The third-order valence-electron chi connectivity index (χ3n) is 5.36. The summed E-state index contributed by atoms with van der Waals surface area (Å²) in [5, 5.41) is 8.37. The first-order chi connectivity index (χ1) is 14.3. The number of nitrogens with one attached hydrogen (secondary N) is 1. The third kappa shape index (κ3) is 4.40. The summed E-state index contributed by atoms with van der Waals surface area (Å²) < 4.78 is 12.7. The maximum atomic E-state index is 12.6. The molecule has 0 saturated heterocycles.